The van der Waals surface area contributed by atoms with Crippen molar-refractivity contribution < 1.29 is 91.9 Å². The minimum atomic E-state index is -0.789. The van der Waals surface area contributed by atoms with E-state index in [1.807, 2.05) is 0 Å². The number of hydrogen-bond donors (Lipinski definition) is 8. The number of hydrogen-bond acceptors (Lipinski definition) is 20. The van der Waals surface area contributed by atoms with Crippen molar-refractivity contribution in [1.82, 2.24) is 16.0 Å². The van der Waals surface area contributed by atoms with Crippen molar-refractivity contribution in [2.75, 3.05) is 117 Å². The van der Waals surface area contributed by atoms with E-state index in [2.05, 4.69) is 54.8 Å². The monoisotopic (exact) mass is 712 g/mol. The number of ether oxygens (including phenoxy) is 7. The molecule has 23 nitrogen and oxygen atoms in total. The molecule has 0 saturated heterocycles. The van der Waals surface area contributed by atoms with E-state index < -0.39 is 68.8 Å². The maximum Gasteiger partial charge on any atom is 0.344 e. The van der Waals surface area contributed by atoms with Gasteiger partial charge in [-0.15, -0.1) is 0 Å². The fourth-order valence-corrected chi connectivity index (χ4v) is 1.14. The Morgan fingerprint density at radius 3 is 0.958 bits per heavy atom. The minimum Gasteiger partial charge on any atom is -0.467 e. The van der Waals surface area contributed by atoms with Crippen LogP contribution in [0.15, 0.2) is 0 Å². The lowest BCUT2D eigenvalue weighted by Crippen LogP contribution is -2.27. The molecule has 0 fully saturated rings. The topological polar surface area (TPSA) is 344 Å². The van der Waals surface area contributed by atoms with Crippen molar-refractivity contribution >= 4 is 47.6 Å². The van der Waals surface area contributed by atoms with Gasteiger partial charge in [0.15, 0.2) is 19.8 Å². The van der Waals surface area contributed by atoms with Gasteiger partial charge >= 0.3 is 29.8 Å². The highest BCUT2D eigenvalue weighted by molar-refractivity contribution is 5.81. The summed E-state index contributed by atoms with van der Waals surface area (Å²) in [6, 6.07) is 0. The number of carbonyl (C=O) groups is 8. The average molecular weight is 713 g/mol. The molecule has 0 aliphatic heterocycles. The van der Waals surface area contributed by atoms with Gasteiger partial charge in [-0.3, -0.25) is 14.4 Å². The molecule has 48 heavy (non-hydrogen) atoms. The molecule has 3 amide bonds. The van der Waals surface area contributed by atoms with Crippen molar-refractivity contribution in [3.05, 3.63) is 0 Å². The van der Waals surface area contributed by atoms with Gasteiger partial charge in [0.1, 0.15) is 33.0 Å². The SMILES string of the molecule is CN.CNC(=O)CO.CNC(=O)CO.CNC(=O)COC(=O)COC(=O)COC.CO.COC(=O)CO.COCC(=O)OCC(=O)OC. The Hall–Kier alpha value is -4.52. The Morgan fingerprint density at radius 2 is 0.750 bits per heavy atom. The van der Waals surface area contributed by atoms with Crippen LogP contribution in [0.4, 0.5) is 0 Å². The van der Waals surface area contributed by atoms with Gasteiger partial charge in [-0.05, 0) is 7.05 Å². The van der Waals surface area contributed by atoms with Gasteiger partial charge in [-0.25, -0.2) is 24.0 Å². The van der Waals surface area contributed by atoms with E-state index in [0.29, 0.717) is 0 Å². The van der Waals surface area contributed by atoms with Gasteiger partial charge in [0.25, 0.3) is 5.91 Å². The van der Waals surface area contributed by atoms with Crippen LogP contribution in [-0.4, -0.2) is 185 Å². The highest BCUT2D eigenvalue weighted by atomic mass is 16.6. The number of nitrogens with one attached hydrogen (secondary N) is 3. The average Bonchev–Trinajstić information content (AvgIpc) is 3.13. The van der Waals surface area contributed by atoms with Crippen LogP contribution in [0.3, 0.4) is 0 Å². The third-order valence-corrected chi connectivity index (χ3v) is 3.30. The van der Waals surface area contributed by atoms with E-state index >= 15 is 0 Å². The van der Waals surface area contributed by atoms with Crippen molar-refractivity contribution in [2.24, 2.45) is 5.73 Å². The number of likely N-dealkylation sites (N-methyl/N-ethyl adjacent to an activating group) is 3. The number of carbonyl (C=O) groups excluding carboxylic acids is 8. The van der Waals surface area contributed by atoms with E-state index in [0.717, 1.165) is 7.11 Å². The summed E-state index contributed by atoms with van der Waals surface area (Å²) < 4.78 is 30.4. The number of amides is 3. The Bertz CT molecular complexity index is 773. The number of esters is 5. The molecule has 0 aromatic rings. The van der Waals surface area contributed by atoms with Crippen molar-refractivity contribution in [2.45, 2.75) is 0 Å². The summed E-state index contributed by atoms with van der Waals surface area (Å²) in [6.07, 6.45) is 0. The molecule has 0 aliphatic rings. The van der Waals surface area contributed by atoms with E-state index in [9.17, 15) is 38.4 Å². The molecule has 23 heteroatoms. The highest BCUT2D eigenvalue weighted by Crippen LogP contribution is 1.84. The maximum atomic E-state index is 10.9. The lowest BCUT2D eigenvalue weighted by Gasteiger charge is -2.04. The molecular formula is C25H52N4O19. The van der Waals surface area contributed by atoms with Crippen LogP contribution in [0, 0.1) is 0 Å². The van der Waals surface area contributed by atoms with Crippen LogP contribution in [-0.2, 0) is 71.5 Å². The van der Waals surface area contributed by atoms with Gasteiger partial charge in [-0.1, -0.05) is 0 Å². The smallest absolute Gasteiger partial charge is 0.344 e. The second-order valence-electron chi connectivity index (χ2n) is 6.49. The molecule has 0 spiro atoms. The quantitative estimate of drug-likeness (QED) is 0.0650. The zero-order valence-corrected chi connectivity index (χ0v) is 28.6. The summed E-state index contributed by atoms with van der Waals surface area (Å²) >= 11 is 0. The van der Waals surface area contributed by atoms with Crippen LogP contribution in [0.25, 0.3) is 0 Å². The van der Waals surface area contributed by atoms with Crippen LogP contribution < -0.4 is 21.7 Å². The normalized spacial score (nSPS) is 8.04. The molecule has 0 heterocycles. The first-order valence-corrected chi connectivity index (χ1v) is 12.8. The lowest BCUT2D eigenvalue weighted by molar-refractivity contribution is -0.162. The van der Waals surface area contributed by atoms with E-state index in [-0.39, 0.29) is 31.6 Å². The van der Waals surface area contributed by atoms with E-state index in [1.165, 1.54) is 56.6 Å². The van der Waals surface area contributed by atoms with Crippen molar-refractivity contribution in [1.29, 1.82) is 0 Å². The zero-order chi connectivity index (χ0) is 39.3. The molecule has 0 aromatic carbocycles. The molecule has 0 atom stereocenters. The summed E-state index contributed by atoms with van der Waals surface area (Å²) in [5.41, 5.74) is 4.50. The molecular weight excluding hydrogens is 660 g/mol. The molecule has 0 bridgehead atoms. The fraction of sp³-hybridized carbons (Fsp3) is 0.680. The predicted molar refractivity (Wildman–Crippen MR) is 162 cm³/mol. The summed E-state index contributed by atoms with van der Waals surface area (Å²) in [5, 5.41) is 37.4. The summed E-state index contributed by atoms with van der Waals surface area (Å²) in [5.74, 6) is -4.38. The largest absolute Gasteiger partial charge is 0.467 e. The molecule has 0 unspecified atom stereocenters. The standard InChI is InChI=1S/C8H13NO6.C6H10O5.2C3H7NO2.C3H6O3.CH5N.CH4O/c1-9-6(10)3-14-8(12)5-15-7(11)4-13-2;1-9-3-6(8)11-4-5(7)10-2;2*1-4-3(6)2-5;1-6-3(5)2-4;2*1-2/h3-5H2,1-2H3,(H,9,10);3-4H2,1-2H3;2*5H,2H2,1H3,(H,4,6);4H,2H2,1H3;2H2,1H3;2H,1H3. The molecule has 0 aromatic heterocycles. The Labute approximate surface area is 278 Å². The lowest BCUT2D eigenvalue weighted by atomic mass is 10.6. The number of rotatable bonds is 13. The third kappa shape index (κ3) is 64.4. The number of methoxy groups -OCH3 is 4. The molecule has 0 radical (unpaired) electrons. The first-order valence-electron chi connectivity index (χ1n) is 12.8. The van der Waals surface area contributed by atoms with Crippen molar-refractivity contribution in [3.8, 4) is 0 Å². The van der Waals surface area contributed by atoms with Gasteiger partial charge in [-0.2, -0.15) is 0 Å². The first-order chi connectivity index (χ1) is 22.7. The van der Waals surface area contributed by atoms with Crippen molar-refractivity contribution in [3.63, 3.8) is 0 Å². The summed E-state index contributed by atoms with van der Waals surface area (Å²) in [6.45, 7) is -3.04. The van der Waals surface area contributed by atoms with Crippen LogP contribution >= 0.6 is 0 Å². The van der Waals surface area contributed by atoms with Crippen LogP contribution in [0.5, 0.6) is 0 Å². The second-order valence-corrected chi connectivity index (χ2v) is 6.49. The summed E-state index contributed by atoms with van der Waals surface area (Å²) in [4.78, 5) is 82.4. The fourth-order valence-electron chi connectivity index (χ4n) is 1.14. The Kier molecular flexibility index (Phi) is 63.9. The second kappa shape index (κ2) is 52.0. The molecule has 0 rings (SSSR count). The molecule has 286 valence electrons. The number of aliphatic hydroxyl groups excluding tert-OH is 4. The molecule has 0 saturated carbocycles. The Morgan fingerprint density at radius 1 is 0.458 bits per heavy atom. The number of aliphatic hydroxyl groups is 4. The van der Waals surface area contributed by atoms with E-state index in [1.54, 1.807) is 0 Å². The van der Waals surface area contributed by atoms with Gasteiger partial charge in [0.05, 0.1) is 14.2 Å². The van der Waals surface area contributed by atoms with Gasteiger partial charge < -0.3 is 75.3 Å². The zero-order valence-electron chi connectivity index (χ0n) is 28.6. The minimum absolute atomic E-state index is 0.156. The number of nitrogens with two attached hydrogens (primary N) is 1. The maximum absolute atomic E-state index is 10.9. The highest BCUT2D eigenvalue weighted by Gasteiger charge is 2.09. The van der Waals surface area contributed by atoms with Gasteiger partial charge in [0.2, 0.25) is 11.8 Å². The predicted octanol–water partition coefficient (Wildman–Crippen LogP) is -6.40. The first kappa shape index (κ1) is 59.0. The molecule has 0 aliphatic carbocycles. The van der Waals surface area contributed by atoms with E-state index in [4.69, 9.17) is 20.4 Å². The van der Waals surface area contributed by atoms with Crippen LogP contribution in [0.2, 0.25) is 0 Å². The molecule has 9 N–H and O–H groups in total. The van der Waals surface area contributed by atoms with Gasteiger partial charge in [0, 0.05) is 42.5 Å². The summed E-state index contributed by atoms with van der Waals surface area (Å²) in [7, 11) is 12.0. The van der Waals surface area contributed by atoms with Crippen LogP contribution in [0.1, 0.15) is 0 Å². The Balaban J connectivity index is -0.0000000898. The third-order valence-electron chi connectivity index (χ3n) is 3.30.